The Bertz CT molecular complexity index is 363. The largest absolute Gasteiger partial charge is 0.461 e. The van der Waals surface area contributed by atoms with Crippen molar-refractivity contribution in [3.8, 4) is 0 Å². The number of ether oxygens (including phenoxy) is 3. The molecule has 6 heteroatoms. The third-order valence-electron chi connectivity index (χ3n) is 2.61. The number of carbonyl (C=O) groups excluding carboxylic acids is 3. The Morgan fingerprint density at radius 2 is 1.81 bits per heavy atom. The van der Waals surface area contributed by atoms with Crippen molar-refractivity contribution in [3.05, 3.63) is 0 Å². The van der Waals surface area contributed by atoms with Gasteiger partial charge in [-0.2, -0.15) is 0 Å². The topological polar surface area (TPSA) is 78.9 Å². The molecule has 1 heterocycles. The average molecular weight is 228 g/mol. The minimum atomic E-state index is -1.42. The van der Waals surface area contributed by atoms with Crippen molar-refractivity contribution < 1.29 is 28.6 Å². The van der Waals surface area contributed by atoms with Gasteiger partial charge in [-0.25, -0.2) is 0 Å². The van der Waals surface area contributed by atoms with Gasteiger partial charge in [-0.15, -0.1) is 0 Å². The van der Waals surface area contributed by atoms with Gasteiger partial charge >= 0.3 is 17.9 Å². The minimum absolute atomic E-state index is 0.139. The molecule has 2 fully saturated rings. The average Bonchev–Trinajstić information content (AvgIpc) is 2.74. The predicted molar refractivity (Wildman–Crippen MR) is 48.9 cm³/mol. The van der Waals surface area contributed by atoms with Gasteiger partial charge in [0.25, 0.3) is 5.79 Å². The number of hydrogen-bond acceptors (Lipinski definition) is 6. The molecule has 0 radical (unpaired) electrons. The first kappa shape index (κ1) is 10.9. The number of carbonyl (C=O) groups is 3. The van der Waals surface area contributed by atoms with E-state index in [9.17, 15) is 14.4 Å². The van der Waals surface area contributed by atoms with E-state index in [1.54, 1.807) is 0 Å². The van der Waals surface area contributed by atoms with Gasteiger partial charge in [-0.05, 0) is 0 Å². The maximum absolute atomic E-state index is 11.7. The van der Waals surface area contributed by atoms with E-state index in [1.165, 1.54) is 20.8 Å². The molecule has 1 aliphatic heterocycles. The Morgan fingerprint density at radius 1 is 1.31 bits per heavy atom. The van der Waals surface area contributed by atoms with Gasteiger partial charge < -0.3 is 14.2 Å². The normalized spacial score (nSPS) is 29.3. The van der Waals surface area contributed by atoms with Crippen LogP contribution < -0.4 is 0 Å². The van der Waals surface area contributed by atoms with Gasteiger partial charge in [0, 0.05) is 27.2 Å². The van der Waals surface area contributed by atoms with Crippen LogP contribution in [0.25, 0.3) is 0 Å². The first-order valence-electron chi connectivity index (χ1n) is 4.92. The quantitative estimate of drug-likeness (QED) is 0.469. The fraction of sp³-hybridized carbons (Fsp3) is 0.700. The summed E-state index contributed by atoms with van der Waals surface area (Å²) in [6.07, 6.45) is -0.610. The van der Waals surface area contributed by atoms with Crippen molar-refractivity contribution >= 4 is 17.9 Å². The lowest BCUT2D eigenvalue weighted by Crippen LogP contribution is -2.49. The van der Waals surface area contributed by atoms with Gasteiger partial charge in [-0.3, -0.25) is 14.4 Å². The highest BCUT2D eigenvalue weighted by atomic mass is 16.7. The standard InChI is InChI=1S/C10H12O6/c1-5(11)14-6-4-10(6)7(12)15-9(2,3)16-8(10)13/h6H,4H2,1-3H3. The van der Waals surface area contributed by atoms with E-state index in [0.29, 0.717) is 0 Å². The van der Waals surface area contributed by atoms with Crippen molar-refractivity contribution in [1.82, 2.24) is 0 Å². The van der Waals surface area contributed by atoms with Crippen molar-refractivity contribution in [2.75, 3.05) is 0 Å². The van der Waals surface area contributed by atoms with E-state index >= 15 is 0 Å². The monoisotopic (exact) mass is 228 g/mol. The molecule has 1 atom stereocenters. The molecule has 0 amide bonds. The number of cyclic esters (lactones) is 2. The molecule has 88 valence electrons. The highest BCUT2D eigenvalue weighted by Gasteiger charge is 2.74. The molecular weight excluding hydrogens is 216 g/mol. The van der Waals surface area contributed by atoms with Gasteiger partial charge in [0.05, 0.1) is 0 Å². The first-order valence-corrected chi connectivity index (χ1v) is 4.92. The maximum atomic E-state index is 11.7. The van der Waals surface area contributed by atoms with Crippen LogP contribution in [0.5, 0.6) is 0 Å². The summed E-state index contributed by atoms with van der Waals surface area (Å²) in [6, 6.07) is 0. The van der Waals surface area contributed by atoms with E-state index in [2.05, 4.69) is 0 Å². The Balaban J connectivity index is 2.16. The van der Waals surface area contributed by atoms with Crippen LogP contribution in [0.15, 0.2) is 0 Å². The molecule has 0 aromatic rings. The molecule has 0 N–H and O–H groups in total. The number of hydrogen-bond donors (Lipinski definition) is 0. The summed E-state index contributed by atoms with van der Waals surface area (Å²) in [6.45, 7) is 4.16. The number of esters is 3. The Kier molecular flexibility index (Phi) is 2.02. The predicted octanol–water partition coefficient (Wildman–Crippen LogP) is 0.144. The summed E-state index contributed by atoms with van der Waals surface area (Å²) in [5.41, 5.74) is -1.42. The zero-order valence-corrected chi connectivity index (χ0v) is 9.23. The smallest absolute Gasteiger partial charge is 0.330 e. The first-order chi connectivity index (χ1) is 7.28. The maximum Gasteiger partial charge on any atom is 0.330 e. The van der Waals surface area contributed by atoms with Crippen molar-refractivity contribution in [2.24, 2.45) is 5.41 Å². The van der Waals surface area contributed by atoms with Crippen LogP contribution in [0.3, 0.4) is 0 Å². The Labute approximate surface area is 91.8 Å². The van der Waals surface area contributed by atoms with E-state index in [4.69, 9.17) is 14.2 Å². The Morgan fingerprint density at radius 3 is 2.25 bits per heavy atom. The van der Waals surface area contributed by atoms with Gasteiger partial charge in [0.1, 0.15) is 6.10 Å². The summed E-state index contributed by atoms with van der Waals surface area (Å²) in [7, 11) is 0. The van der Waals surface area contributed by atoms with E-state index in [1.807, 2.05) is 0 Å². The molecule has 2 aliphatic rings. The third-order valence-corrected chi connectivity index (χ3v) is 2.61. The Hall–Kier alpha value is -1.59. The van der Waals surface area contributed by atoms with Crippen LogP contribution in [0.4, 0.5) is 0 Å². The molecule has 0 aromatic carbocycles. The molecule has 1 unspecified atom stereocenters. The molecule has 1 saturated carbocycles. The highest BCUT2D eigenvalue weighted by molar-refractivity contribution is 6.06. The van der Waals surface area contributed by atoms with Crippen LogP contribution >= 0.6 is 0 Å². The second-order valence-electron chi connectivity index (χ2n) is 4.45. The van der Waals surface area contributed by atoms with Gasteiger partial charge in [-0.1, -0.05) is 0 Å². The molecule has 1 aliphatic carbocycles. The SMILES string of the molecule is CC(=O)OC1CC12C(=O)OC(C)(C)OC2=O. The van der Waals surface area contributed by atoms with E-state index in [0.717, 1.165) is 0 Å². The summed E-state index contributed by atoms with van der Waals surface area (Å²) in [5, 5.41) is 0. The zero-order chi connectivity index (χ0) is 12.1. The highest BCUT2D eigenvalue weighted by Crippen LogP contribution is 2.53. The molecule has 2 rings (SSSR count). The lowest BCUT2D eigenvalue weighted by atomic mass is 10.1. The van der Waals surface area contributed by atoms with Crippen LogP contribution in [0.1, 0.15) is 27.2 Å². The van der Waals surface area contributed by atoms with Crippen molar-refractivity contribution in [2.45, 2.75) is 39.1 Å². The second kappa shape index (κ2) is 2.96. The fourth-order valence-corrected chi connectivity index (χ4v) is 1.74. The van der Waals surface area contributed by atoms with Crippen LogP contribution in [0, 0.1) is 5.41 Å². The zero-order valence-electron chi connectivity index (χ0n) is 9.23. The lowest BCUT2D eigenvalue weighted by Gasteiger charge is -2.33. The second-order valence-corrected chi connectivity index (χ2v) is 4.45. The molecule has 6 nitrogen and oxygen atoms in total. The van der Waals surface area contributed by atoms with Gasteiger partial charge in [0.15, 0.2) is 0 Å². The molecule has 0 bridgehead atoms. The fourth-order valence-electron chi connectivity index (χ4n) is 1.74. The van der Waals surface area contributed by atoms with Gasteiger partial charge in [0.2, 0.25) is 5.41 Å². The summed E-state index contributed by atoms with van der Waals surface area (Å²) < 4.78 is 14.7. The van der Waals surface area contributed by atoms with E-state index < -0.39 is 35.2 Å². The van der Waals surface area contributed by atoms with Crippen molar-refractivity contribution in [1.29, 1.82) is 0 Å². The van der Waals surface area contributed by atoms with Crippen molar-refractivity contribution in [3.63, 3.8) is 0 Å². The molecule has 16 heavy (non-hydrogen) atoms. The molecule has 0 aromatic heterocycles. The van der Waals surface area contributed by atoms with E-state index in [-0.39, 0.29) is 6.42 Å². The summed E-state index contributed by atoms with van der Waals surface area (Å²) in [5.74, 6) is -3.14. The summed E-state index contributed by atoms with van der Waals surface area (Å²) in [4.78, 5) is 34.1. The minimum Gasteiger partial charge on any atom is -0.461 e. The number of rotatable bonds is 1. The van der Waals surface area contributed by atoms with Crippen LogP contribution in [-0.2, 0) is 28.6 Å². The lowest BCUT2D eigenvalue weighted by molar-refractivity contribution is -0.244. The van der Waals surface area contributed by atoms with Crippen LogP contribution in [0.2, 0.25) is 0 Å². The summed E-state index contributed by atoms with van der Waals surface area (Å²) >= 11 is 0. The molecule has 1 saturated heterocycles. The van der Waals surface area contributed by atoms with Crippen LogP contribution in [-0.4, -0.2) is 29.8 Å². The third kappa shape index (κ3) is 1.45. The molecule has 1 spiro atoms. The molecular formula is C10H12O6.